The second-order valence-electron chi connectivity index (χ2n) is 3.57. The number of aliphatic hydroxyl groups excluding tert-OH is 1. The van der Waals surface area contributed by atoms with Crippen LogP contribution in [-0.2, 0) is 13.5 Å². The minimum absolute atomic E-state index is 0.537. The minimum atomic E-state index is -0.559. The third-order valence-electron chi connectivity index (χ3n) is 2.10. The lowest BCUT2D eigenvalue weighted by atomic mass is 10.2. The Morgan fingerprint density at radius 3 is 2.93 bits per heavy atom. The van der Waals surface area contributed by atoms with E-state index in [0.717, 1.165) is 10.7 Å². The third-order valence-corrected chi connectivity index (χ3v) is 3.09. The van der Waals surface area contributed by atoms with Crippen molar-refractivity contribution in [3.8, 4) is 0 Å². The number of rotatable bonds is 3. The van der Waals surface area contributed by atoms with E-state index in [4.69, 9.17) is 0 Å². The molecule has 0 saturated carbocycles. The Morgan fingerprint density at radius 2 is 2.40 bits per heavy atom. The molecular weight excluding hydrogens is 210 g/mol. The molecule has 2 rings (SSSR count). The lowest BCUT2D eigenvalue weighted by molar-refractivity contribution is 0.174. The van der Waals surface area contributed by atoms with Crippen molar-refractivity contribution in [3.05, 3.63) is 34.3 Å². The first-order chi connectivity index (χ1) is 7.15. The second kappa shape index (κ2) is 4.12. The Bertz CT molecular complexity index is 449. The van der Waals surface area contributed by atoms with Crippen LogP contribution in [0.4, 0.5) is 0 Å². The Kier molecular flexibility index (Phi) is 2.83. The maximum Gasteiger partial charge on any atom is 0.104 e. The molecule has 0 aliphatic heterocycles. The molecule has 1 atom stereocenters. The van der Waals surface area contributed by atoms with E-state index in [-0.39, 0.29) is 0 Å². The summed E-state index contributed by atoms with van der Waals surface area (Å²) >= 11 is 1.57. The predicted molar refractivity (Wildman–Crippen MR) is 58.7 cm³/mol. The summed E-state index contributed by atoms with van der Waals surface area (Å²) in [7, 11) is 1.89. The Labute approximate surface area is 92.2 Å². The van der Waals surface area contributed by atoms with Crippen molar-refractivity contribution in [2.24, 2.45) is 7.05 Å². The van der Waals surface area contributed by atoms with E-state index in [2.05, 4.69) is 9.97 Å². The van der Waals surface area contributed by atoms with Gasteiger partial charge in [-0.1, -0.05) is 0 Å². The van der Waals surface area contributed by atoms with E-state index in [9.17, 15) is 5.11 Å². The van der Waals surface area contributed by atoms with Crippen LogP contribution in [0.2, 0.25) is 0 Å². The Hall–Kier alpha value is -1.20. The van der Waals surface area contributed by atoms with Crippen LogP contribution < -0.4 is 0 Å². The van der Waals surface area contributed by atoms with Gasteiger partial charge in [-0.3, -0.25) is 0 Å². The Balaban J connectivity index is 2.06. The number of aryl methyl sites for hydroxylation is 2. The van der Waals surface area contributed by atoms with Crippen molar-refractivity contribution in [2.75, 3.05) is 0 Å². The molecule has 1 N–H and O–H groups in total. The van der Waals surface area contributed by atoms with Gasteiger partial charge in [0.1, 0.15) is 6.10 Å². The first kappa shape index (κ1) is 10.3. The summed E-state index contributed by atoms with van der Waals surface area (Å²) in [4.78, 5) is 8.42. The molecule has 80 valence electrons. The van der Waals surface area contributed by atoms with Crippen LogP contribution in [0.15, 0.2) is 17.9 Å². The molecule has 4 nitrogen and oxygen atoms in total. The summed E-state index contributed by atoms with van der Waals surface area (Å²) in [6.07, 6.45) is 3.49. The minimum Gasteiger partial charge on any atom is -0.386 e. The zero-order valence-electron chi connectivity index (χ0n) is 8.71. The fraction of sp³-hybridized carbons (Fsp3) is 0.400. The topological polar surface area (TPSA) is 50.9 Å². The molecule has 2 heterocycles. The number of aliphatic hydroxyl groups is 1. The molecule has 0 spiro atoms. The van der Waals surface area contributed by atoms with E-state index in [1.54, 1.807) is 17.7 Å². The monoisotopic (exact) mass is 223 g/mol. The van der Waals surface area contributed by atoms with Gasteiger partial charge in [0.05, 0.1) is 17.0 Å². The van der Waals surface area contributed by atoms with Crippen LogP contribution in [-0.4, -0.2) is 19.6 Å². The maximum atomic E-state index is 9.89. The smallest absolute Gasteiger partial charge is 0.104 e. The lowest BCUT2D eigenvalue weighted by Crippen LogP contribution is -2.01. The zero-order valence-corrected chi connectivity index (χ0v) is 9.53. The van der Waals surface area contributed by atoms with Crippen molar-refractivity contribution in [1.29, 1.82) is 0 Å². The number of aromatic nitrogens is 3. The summed E-state index contributed by atoms with van der Waals surface area (Å²) in [5, 5.41) is 12.8. The predicted octanol–water partition coefficient (Wildman–Crippen LogP) is 1.46. The standard InChI is InChI=1S/C10H13N3OS/c1-7-5-15-10(12-7)3-9(14)8-4-13(2)6-11-8/h4-6,9,14H,3H2,1-2H3. The molecule has 0 aliphatic rings. The number of hydrogen-bond acceptors (Lipinski definition) is 4. The molecule has 5 heteroatoms. The highest BCUT2D eigenvalue weighted by molar-refractivity contribution is 7.09. The average molecular weight is 223 g/mol. The molecule has 0 saturated heterocycles. The van der Waals surface area contributed by atoms with Gasteiger partial charge in [0, 0.05) is 30.7 Å². The third kappa shape index (κ3) is 2.43. The molecule has 15 heavy (non-hydrogen) atoms. The summed E-state index contributed by atoms with van der Waals surface area (Å²) in [5.41, 5.74) is 1.70. The normalized spacial score (nSPS) is 13.0. The van der Waals surface area contributed by atoms with Gasteiger partial charge in [-0.2, -0.15) is 0 Å². The van der Waals surface area contributed by atoms with Crippen LogP contribution >= 0.6 is 11.3 Å². The fourth-order valence-electron chi connectivity index (χ4n) is 1.37. The first-order valence-corrected chi connectivity index (χ1v) is 5.60. The summed E-state index contributed by atoms with van der Waals surface area (Å²) in [5.74, 6) is 0. The maximum absolute atomic E-state index is 9.89. The number of hydrogen-bond donors (Lipinski definition) is 1. The molecule has 1 unspecified atom stereocenters. The van der Waals surface area contributed by atoms with E-state index in [1.165, 1.54) is 0 Å². The zero-order chi connectivity index (χ0) is 10.8. The van der Waals surface area contributed by atoms with Gasteiger partial charge in [0.15, 0.2) is 0 Å². The van der Waals surface area contributed by atoms with E-state index >= 15 is 0 Å². The van der Waals surface area contributed by atoms with Crippen LogP contribution in [0.1, 0.15) is 22.5 Å². The van der Waals surface area contributed by atoms with Crippen molar-refractivity contribution in [3.63, 3.8) is 0 Å². The van der Waals surface area contributed by atoms with Gasteiger partial charge in [0.25, 0.3) is 0 Å². The highest BCUT2D eigenvalue weighted by Gasteiger charge is 2.12. The molecular formula is C10H13N3OS. The number of nitrogens with zero attached hydrogens (tertiary/aromatic N) is 3. The van der Waals surface area contributed by atoms with Crippen molar-refractivity contribution in [2.45, 2.75) is 19.4 Å². The largest absolute Gasteiger partial charge is 0.386 e. The van der Waals surface area contributed by atoms with Gasteiger partial charge in [-0.15, -0.1) is 11.3 Å². The van der Waals surface area contributed by atoms with E-state index in [0.29, 0.717) is 12.1 Å². The van der Waals surface area contributed by atoms with Crippen LogP contribution in [0.3, 0.4) is 0 Å². The first-order valence-electron chi connectivity index (χ1n) is 4.72. The quantitative estimate of drug-likeness (QED) is 0.857. The van der Waals surface area contributed by atoms with Crippen molar-refractivity contribution < 1.29 is 5.11 Å². The SMILES string of the molecule is Cc1csc(CC(O)c2cn(C)cn2)n1. The summed E-state index contributed by atoms with van der Waals surface area (Å²) in [6, 6.07) is 0. The van der Waals surface area contributed by atoms with E-state index in [1.807, 2.05) is 30.1 Å². The molecule has 0 radical (unpaired) electrons. The average Bonchev–Trinajstić information content (AvgIpc) is 2.75. The lowest BCUT2D eigenvalue weighted by Gasteiger charge is -2.04. The molecule has 0 aliphatic carbocycles. The van der Waals surface area contributed by atoms with Gasteiger partial charge >= 0.3 is 0 Å². The molecule has 2 aromatic rings. The van der Waals surface area contributed by atoms with Crippen LogP contribution in [0.5, 0.6) is 0 Å². The van der Waals surface area contributed by atoms with Gasteiger partial charge in [-0.05, 0) is 6.92 Å². The molecule has 0 fully saturated rings. The molecule has 0 aromatic carbocycles. The molecule has 2 aromatic heterocycles. The van der Waals surface area contributed by atoms with Gasteiger partial charge in [-0.25, -0.2) is 9.97 Å². The number of imidazole rings is 1. The second-order valence-corrected chi connectivity index (χ2v) is 4.51. The van der Waals surface area contributed by atoms with Crippen molar-refractivity contribution in [1.82, 2.24) is 14.5 Å². The van der Waals surface area contributed by atoms with Gasteiger partial charge < -0.3 is 9.67 Å². The Morgan fingerprint density at radius 1 is 1.60 bits per heavy atom. The highest BCUT2D eigenvalue weighted by Crippen LogP contribution is 2.18. The van der Waals surface area contributed by atoms with Crippen molar-refractivity contribution >= 4 is 11.3 Å². The van der Waals surface area contributed by atoms with E-state index < -0.39 is 6.10 Å². The molecule has 0 amide bonds. The fourth-order valence-corrected chi connectivity index (χ4v) is 2.18. The van der Waals surface area contributed by atoms with Gasteiger partial charge in [0.2, 0.25) is 0 Å². The van der Waals surface area contributed by atoms with Crippen LogP contribution in [0.25, 0.3) is 0 Å². The molecule has 0 bridgehead atoms. The van der Waals surface area contributed by atoms with Crippen LogP contribution in [0, 0.1) is 6.92 Å². The summed E-state index contributed by atoms with van der Waals surface area (Å²) < 4.78 is 1.83. The number of thiazole rings is 1. The highest BCUT2D eigenvalue weighted by atomic mass is 32.1. The summed E-state index contributed by atoms with van der Waals surface area (Å²) in [6.45, 7) is 1.95.